The molecule has 1 saturated heterocycles. The van der Waals surface area contributed by atoms with Gasteiger partial charge in [-0.2, -0.15) is 0 Å². The first-order chi connectivity index (χ1) is 18.9. The molecule has 4 N–H and O–H groups in total. The Labute approximate surface area is 246 Å². The van der Waals surface area contributed by atoms with Crippen molar-refractivity contribution < 1.29 is 24.0 Å². The third-order valence-corrected chi connectivity index (χ3v) is 7.06. The number of amides is 5. The SMILES string of the molecule is CC(C)C[C@@H](NC(=O)C(C)(C)N)C(=O)NC1Cc2cccc(N3C(=O)CCC3=O)c2N(Cc2ccccc2)C1=O.Cl. The minimum Gasteiger partial charge on any atom is -0.343 e. The monoisotopic (exact) mass is 583 g/mol. The number of benzene rings is 2. The smallest absolute Gasteiger partial charge is 0.250 e. The van der Waals surface area contributed by atoms with Gasteiger partial charge in [-0.3, -0.25) is 24.0 Å². The van der Waals surface area contributed by atoms with Crippen molar-refractivity contribution in [3.63, 3.8) is 0 Å². The number of imide groups is 1. The summed E-state index contributed by atoms with van der Waals surface area (Å²) in [5.74, 6) is -1.85. The first-order valence-electron chi connectivity index (χ1n) is 13.6. The van der Waals surface area contributed by atoms with Crippen LogP contribution < -0.4 is 26.2 Å². The summed E-state index contributed by atoms with van der Waals surface area (Å²) in [6, 6.07) is 12.8. The predicted octanol–water partition coefficient (Wildman–Crippen LogP) is 2.60. The summed E-state index contributed by atoms with van der Waals surface area (Å²) in [5, 5.41) is 5.60. The lowest BCUT2D eigenvalue weighted by atomic mass is 9.94. The van der Waals surface area contributed by atoms with Gasteiger partial charge in [0.2, 0.25) is 29.5 Å². The van der Waals surface area contributed by atoms with Gasteiger partial charge in [-0.25, -0.2) is 4.90 Å². The van der Waals surface area contributed by atoms with E-state index in [-0.39, 0.29) is 61.9 Å². The molecular formula is C30H38ClN5O5. The summed E-state index contributed by atoms with van der Waals surface area (Å²) in [4.78, 5) is 68.1. The Kier molecular flexibility index (Phi) is 9.94. The average molecular weight is 584 g/mol. The zero-order valence-electron chi connectivity index (χ0n) is 23.8. The number of carbonyl (C=O) groups is 5. The van der Waals surface area contributed by atoms with Crippen molar-refractivity contribution in [2.75, 3.05) is 9.80 Å². The number of nitrogens with one attached hydrogen (secondary N) is 2. The zero-order chi connectivity index (χ0) is 29.2. The average Bonchev–Trinajstić information content (AvgIpc) is 3.22. The number of halogens is 1. The predicted molar refractivity (Wildman–Crippen MR) is 158 cm³/mol. The van der Waals surface area contributed by atoms with E-state index in [1.54, 1.807) is 26.0 Å². The van der Waals surface area contributed by atoms with Crippen LogP contribution in [0.3, 0.4) is 0 Å². The lowest BCUT2D eigenvalue weighted by Crippen LogP contribution is -2.59. The molecule has 2 heterocycles. The van der Waals surface area contributed by atoms with Gasteiger partial charge in [-0.15, -0.1) is 12.4 Å². The summed E-state index contributed by atoms with van der Waals surface area (Å²) in [5.41, 5.74) is 7.18. The van der Waals surface area contributed by atoms with Crippen molar-refractivity contribution in [1.29, 1.82) is 0 Å². The van der Waals surface area contributed by atoms with E-state index in [1.165, 1.54) is 4.90 Å². The Morgan fingerprint density at radius 3 is 2.22 bits per heavy atom. The molecule has 0 aromatic heterocycles. The van der Waals surface area contributed by atoms with Crippen LogP contribution >= 0.6 is 12.4 Å². The minimum atomic E-state index is -1.18. The van der Waals surface area contributed by atoms with Crippen LogP contribution in [0.15, 0.2) is 48.5 Å². The van der Waals surface area contributed by atoms with Crippen LogP contribution in [0.5, 0.6) is 0 Å². The van der Waals surface area contributed by atoms with E-state index in [9.17, 15) is 24.0 Å². The lowest BCUT2D eigenvalue weighted by molar-refractivity contribution is -0.133. The number of rotatable bonds is 9. The number of carbonyl (C=O) groups excluding carboxylic acids is 5. The standard InChI is InChI=1S/C30H37N5O5.ClH/c1-18(2)15-21(33-29(40)30(3,4)31)27(38)32-22-16-20-11-8-12-23(35-24(36)13-14-25(35)37)26(20)34(28(22)39)17-19-9-6-5-7-10-19;/h5-12,18,21-22H,13-17,31H2,1-4H3,(H,32,38)(H,33,40);1H/t21-,22?;/m1./s1. The molecule has 0 spiro atoms. The molecule has 11 heteroatoms. The summed E-state index contributed by atoms with van der Waals surface area (Å²) in [7, 11) is 0. The van der Waals surface area contributed by atoms with E-state index in [0.717, 1.165) is 16.0 Å². The molecule has 2 aromatic carbocycles. The fraction of sp³-hybridized carbons (Fsp3) is 0.433. The van der Waals surface area contributed by atoms with Gasteiger partial charge >= 0.3 is 0 Å². The molecule has 2 aliphatic heterocycles. The quantitative estimate of drug-likeness (QED) is 0.387. The number of hydrogen-bond acceptors (Lipinski definition) is 6. The van der Waals surface area contributed by atoms with E-state index in [0.29, 0.717) is 17.8 Å². The fourth-order valence-electron chi connectivity index (χ4n) is 5.04. The molecule has 0 saturated carbocycles. The fourth-order valence-corrected chi connectivity index (χ4v) is 5.04. The summed E-state index contributed by atoms with van der Waals surface area (Å²) >= 11 is 0. The lowest BCUT2D eigenvalue weighted by Gasteiger charge is -2.37. The van der Waals surface area contributed by atoms with Gasteiger partial charge in [-0.1, -0.05) is 56.3 Å². The molecule has 41 heavy (non-hydrogen) atoms. The second-order valence-corrected chi connectivity index (χ2v) is 11.5. The highest BCUT2D eigenvalue weighted by molar-refractivity contribution is 6.22. The molecule has 0 bridgehead atoms. The largest absolute Gasteiger partial charge is 0.343 e. The highest BCUT2D eigenvalue weighted by atomic mass is 35.5. The van der Waals surface area contributed by atoms with Crippen molar-refractivity contribution >= 4 is 53.3 Å². The van der Waals surface area contributed by atoms with Crippen molar-refractivity contribution in [3.8, 4) is 0 Å². The molecule has 0 radical (unpaired) electrons. The third-order valence-electron chi connectivity index (χ3n) is 7.06. The van der Waals surface area contributed by atoms with Gasteiger partial charge in [0.05, 0.1) is 23.5 Å². The maximum atomic E-state index is 14.0. The number of anilines is 2. The summed E-state index contributed by atoms with van der Waals surface area (Å²) in [6.07, 6.45) is 0.773. The molecule has 10 nitrogen and oxygen atoms in total. The second-order valence-electron chi connectivity index (χ2n) is 11.5. The Balaban J connectivity index is 0.00000462. The van der Waals surface area contributed by atoms with Gasteiger partial charge in [0.1, 0.15) is 12.1 Å². The highest BCUT2D eigenvalue weighted by Gasteiger charge is 2.40. The van der Waals surface area contributed by atoms with E-state index in [1.807, 2.05) is 50.2 Å². The molecule has 2 atom stereocenters. The molecule has 2 aromatic rings. The van der Waals surface area contributed by atoms with Crippen LogP contribution in [-0.4, -0.2) is 47.2 Å². The van der Waals surface area contributed by atoms with E-state index in [2.05, 4.69) is 10.6 Å². The molecular weight excluding hydrogens is 546 g/mol. The number of para-hydroxylation sites is 1. The highest BCUT2D eigenvalue weighted by Crippen LogP contribution is 2.40. The van der Waals surface area contributed by atoms with Crippen LogP contribution in [0, 0.1) is 5.92 Å². The van der Waals surface area contributed by atoms with Crippen LogP contribution in [-0.2, 0) is 36.9 Å². The van der Waals surface area contributed by atoms with Gasteiger partial charge in [0.15, 0.2) is 0 Å². The Morgan fingerprint density at radius 1 is 1.00 bits per heavy atom. The first kappa shape index (κ1) is 31.8. The van der Waals surface area contributed by atoms with Gasteiger partial charge < -0.3 is 21.3 Å². The molecule has 0 aliphatic carbocycles. The number of hydrogen-bond donors (Lipinski definition) is 3. The topological polar surface area (TPSA) is 142 Å². The van der Waals surface area contributed by atoms with Gasteiger partial charge in [0.25, 0.3) is 0 Å². The number of nitrogens with two attached hydrogens (primary N) is 1. The van der Waals surface area contributed by atoms with Crippen LogP contribution in [0.25, 0.3) is 0 Å². The van der Waals surface area contributed by atoms with Crippen molar-refractivity contribution in [2.24, 2.45) is 11.7 Å². The molecule has 220 valence electrons. The van der Waals surface area contributed by atoms with Crippen molar-refractivity contribution in [3.05, 3.63) is 59.7 Å². The zero-order valence-corrected chi connectivity index (χ0v) is 24.6. The molecule has 1 unspecified atom stereocenters. The van der Waals surface area contributed by atoms with Crippen LogP contribution in [0.2, 0.25) is 0 Å². The van der Waals surface area contributed by atoms with Crippen molar-refractivity contribution in [1.82, 2.24) is 10.6 Å². The maximum absolute atomic E-state index is 14.0. The molecule has 1 fully saturated rings. The number of nitrogens with zero attached hydrogens (tertiary/aromatic N) is 2. The Bertz CT molecular complexity index is 1310. The third kappa shape index (κ3) is 7.12. The normalized spacial score (nSPS) is 17.7. The van der Waals surface area contributed by atoms with Crippen molar-refractivity contribution in [2.45, 2.75) is 77.5 Å². The van der Waals surface area contributed by atoms with E-state index in [4.69, 9.17) is 5.73 Å². The Morgan fingerprint density at radius 2 is 1.63 bits per heavy atom. The van der Waals surface area contributed by atoms with E-state index >= 15 is 0 Å². The van der Waals surface area contributed by atoms with E-state index < -0.39 is 29.4 Å². The molecule has 4 rings (SSSR count). The number of fused-ring (bicyclic) bond motifs is 1. The summed E-state index contributed by atoms with van der Waals surface area (Å²) < 4.78 is 0. The van der Waals surface area contributed by atoms with Gasteiger partial charge in [-0.05, 0) is 43.4 Å². The first-order valence-corrected chi connectivity index (χ1v) is 13.6. The maximum Gasteiger partial charge on any atom is 0.250 e. The molecule has 2 aliphatic rings. The van der Waals surface area contributed by atoms with Crippen LogP contribution in [0.4, 0.5) is 11.4 Å². The summed E-state index contributed by atoms with van der Waals surface area (Å²) in [6.45, 7) is 7.17. The Hall–Kier alpha value is -3.76. The molecule has 5 amide bonds. The second kappa shape index (κ2) is 12.8. The van der Waals surface area contributed by atoms with Crippen LogP contribution in [0.1, 0.15) is 58.1 Å². The van der Waals surface area contributed by atoms with Gasteiger partial charge in [0, 0.05) is 19.3 Å². The minimum absolute atomic E-state index is 0.